The first kappa shape index (κ1) is 17.4. The monoisotopic (exact) mass is 416 g/mol. The van der Waals surface area contributed by atoms with Crippen molar-refractivity contribution in [1.82, 2.24) is 0 Å². The molecule has 2 aliphatic carbocycles. The summed E-state index contributed by atoms with van der Waals surface area (Å²) in [4.78, 5) is 0. The number of benzene rings is 6. The van der Waals surface area contributed by atoms with E-state index in [1.54, 1.807) is 0 Å². The molecule has 2 aliphatic rings. The van der Waals surface area contributed by atoms with E-state index in [2.05, 4.69) is 121 Å². The minimum Gasteiger partial charge on any atom is -0.0619 e. The van der Waals surface area contributed by atoms with Gasteiger partial charge in [-0.05, 0) is 66.1 Å². The fraction of sp³-hybridized carbons (Fsp3) is 0.0303. The van der Waals surface area contributed by atoms with Gasteiger partial charge < -0.3 is 0 Å². The first-order valence-electron chi connectivity index (χ1n) is 11.6. The van der Waals surface area contributed by atoms with E-state index in [9.17, 15) is 0 Å². The van der Waals surface area contributed by atoms with Crippen LogP contribution in [-0.4, -0.2) is 0 Å². The van der Waals surface area contributed by atoms with Gasteiger partial charge in [-0.1, -0.05) is 121 Å². The van der Waals surface area contributed by atoms with Gasteiger partial charge in [-0.3, -0.25) is 0 Å². The summed E-state index contributed by atoms with van der Waals surface area (Å²) < 4.78 is 0. The molecule has 0 aliphatic heterocycles. The van der Waals surface area contributed by atoms with E-state index in [-0.39, 0.29) is 5.41 Å². The number of rotatable bonds is 0. The zero-order valence-corrected chi connectivity index (χ0v) is 18.0. The van der Waals surface area contributed by atoms with Crippen molar-refractivity contribution in [3.8, 4) is 22.3 Å². The summed E-state index contributed by atoms with van der Waals surface area (Å²) in [6.45, 7) is 0. The topological polar surface area (TPSA) is 0 Å². The molecule has 0 aromatic heterocycles. The lowest BCUT2D eigenvalue weighted by molar-refractivity contribution is 0.809. The van der Waals surface area contributed by atoms with Crippen molar-refractivity contribution in [3.63, 3.8) is 0 Å². The lowest BCUT2D eigenvalue weighted by Crippen LogP contribution is -2.26. The molecular formula is C33H20. The highest BCUT2D eigenvalue weighted by molar-refractivity contribution is 6.08. The molecule has 0 radical (unpaired) electrons. The van der Waals surface area contributed by atoms with E-state index in [0.717, 1.165) is 0 Å². The van der Waals surface area contributed by atoms with E-state index < -0.39 is 0 Å². The second-order valence-electron chi connectivity index (χ2n) is 9.26. The minimum absolute atomic E-state index is 0.320. The van der Waals surface area contributed by atoms with Crippen molar-refractivity contribution >= 4 is 21.5 Å². The van der Waals surface area contributed by atoms with Crippen LogP contribution in [0.1, 0.15) is 22.3 Å². The first-order chi connectivity index (χ1) is 16.4. The van der Waals surface area contributed by atoms with E-state index in [1.165, 1.54) is 66.1 Å². The van der Waals surface area contributed by atoms with Crippen LogP contribution in [0.2, 0.25) is 0 Å². The van der Waals surface area contributed by atoms with Gasteiger partial charge in [0.2, 0.25) is 0 Å². The molecule has 0 saturated heterocycles. The molecule has 0 heteroatoms. The van der Waals surface area contributed by atoms with Crippen LogP contribution in [0.4, 0.5) is 0 Å². The first-order valence-corrected chi connectivity index (χ1v) is 11.6. The predicted octanol–water partition coefficient (Wildman–Crippen LogP) is 8.34. The van der Waals surface area contributed by atoms with Crippen LogP contribution < -0.4 is 0 Å². The van der Waals surface area contributed by atoms with Crippen LogP contribution in [0.25, 0.3) is 43.8 Å². The molecule has 0 saturated carbocycles. The van der Waals surface area contributed by atoms with Crippen LogP contribution in [0, 0.1) is 0 Å². The Balaban J connectivity index is 1.70. The maximum atomic E-state index is 2.36. The van der Waals surface area contributed by atoms with E-state index in [1.807, 2.05) is 0 Å². The quantitative estimate of drug-likeness (QED) is 0.233. The largest absolute Gasteiger partial charge is 0.0737 e. The Labute approximate surface area is 192 Å². The fourth-order valence-corrected chi connectivity index (χ4v) is 6.70. The molecule has 0 heterocycles. The van der Waals surface area contributed by atoms with Gasteiger partial charge in [0.25, 0.3) is 0 Å². The minimum atomic E-state index is -0.320. The number of hydrogen-bond acceptors (Lipinski definition) is 0. The normalized spacial score (nSPS) is 14.3. The molecule has 0 unspecified atom stereocenters. The molecule has 1 spiro atoms. The van der Waals surface area contributed by atoms with E-state index in [0.29, 0.717) is 0 Å². The maximum Gasteiger partial charge on any atom is 0.0737 e. The van der Waals surface area contributed by atoms with Crippen molar-refractivity contribution in [2.45, 2.75) is 5.41 Å². The Morgan fingerprint density at radius 2 is 0.758 bits per heavy atom. The highest BCUT2D eigenvalue weighted by atomic mass is 14.5. The van der Waals surface area contributed by atoms with Gasteiger partial charge in [0.15, 0.2) is 0 Å². The number of hydrogen-bond donors (Lipinski definition) is 0. The van der Waals surface area contributed by atoms with Crippen LogP contribution in [-0.2, 0) is 5.41 Å². The molecular weight excluding hydrogens is 396 g/mol. The second kappa shape index (κ2) is 5.99. The Hall–Kier alpha value is -4.16. The van der Waals surface area contributed by atoms with Gasteiger partial charge in [-0.25, -0.2) is 0 Å². The Kier molecular flexibility index (Phi) is 3.16. The zero-order valence-electron chi connectivity index (χ0n) is 18.0. The molecule has 6 aromatic carbocycles. The van der Waals surface area contributed by atoms with Crippen LogP contribution in [0.15, 0.2) is 121 Å². The Morgan fingerprint density at radius 1 is 0.333 bits per heavy atom. The SMILES string of the molecule is c1ccc2c(c1)-c1ccccc1C21c2c(ccc3ccccc23)-c2ccc3ccccc3c21. The Bertz CT molecular complexity index is 1640. The van der Waals surface area contributed by atoms with E-state index in [4.69, 9.17) is 0 Å². The maximum absolute atomic E-state index is 2.36. The summed E-state index contributed by atoms with van der Waals surface area (Å²) in [6, 6.07) is 45.2. The van der Waals surface area contributed by atoms with Crippen molar-refractivity contribution in [1.29, 1.82) is 0 Å². The average molecular weight is 417 g/mol. The van der Waals surface area contributed by atoms with Gasteiger partial charge in [0.1, 0.15) is 0 Å². The number of fused-ring (bicyclic) bond motifs is 14. The molecule has 6 aromatic rings. The molecule has 0 amide bonds. The smallest absolute Gasteiger partial charge is 0.0619 e. The van der Waals surface area contributed by atoms with Crippen molar-refractivity contribution in [2.24, 2.45) is 0 Å². The molecule has 0 nitrogen and oxygen atoms in total. The molecule has 0 bridgehead atoms. The highest BCUT2D eigenvalue weighted by Gasteiger charge is 2.52. The van der Waals surface area contributed by atoms with E-state index >= 15 is 0 Å². The van der Waals surface area contributed by atoms with Crippen LogP contribution in [0.3, 0.4) is 0 Å². The highest BCUT2D eigenvalue weighted by Crippen LogP contribution is 2.65. The predicted molar refractivity (Wildman–Crippen MR) is 138 cm³/mol. The van der Waals surface area contributed by atoms with Crippen molar-refractivity contribution < 1.29 is 0 Å². The standard InChI is InChI=1S/C33H20/c1-3-11-23-21(9-1)17-19-27-28-20-18-22-10-2-4-12-24(22)32(28)33(31(23)27)29-15-7-5-13-25(29)26-14-6-8-16-30(26)33/h1-20H. The third-order valence-electron chi connectivity index (χ3n) is 7.85. The van der Waals surface area contributed by atoms with Crippen molar-refractivity contribution in [2.75, 3.05) is 0 Å². The fourth-order valence-electron chi connectivity index (χ4n) is 6.70. The third-order valence-corrected chi connectivity index (χ3v) is 7.85. The molecule has 8 rings (SSSR count). The average Bonchev–Trinajstić information content (AvgIpc) is 3.36. The zero-order chi connectivity index (χ0) is 21.6. The van der Waals surface area contributed by atoms with Gasteiger partial charge >= 0.3 is 0 Å². The summed E-state index contributed by atoms with van der Waals surface area (Å²) in [5.41, 5.74) is 10.8. The van der Waals surface area contributed by atoms with Crippen LogP contribution >= 0.6 is 0 Å². The lowest BCUT2D eigenvalue weighted by atomic mass is 9.68. The van der Waals surface area contributed by atoms with Gasteiger partial charge in [-0.15, -0.1) is 0 Å². The second-order valence-corrected chi connectivity index (χ2v) is 9.26. The third kappa shape index (κ3) is 1.94. The molecule has 0 fully saturated rings. The van der Waals surface area contributed by atoms with Gasteiger partial charge in [0.05, 0.1) is 5.41 Å². The molecule has 0 atom stereocenters. The summed E-state index contributed by atoms with van der Waals surface area (Å²) in [5, 5.41) is 5.30. The summed E-state index contributed by atoms with van der Waals surface area (Å²) >= 11 is 0. The summed E-state index contributed by atoms with van der Waals surface area (Å²) in [5.74, 6) is 0. The van der Waals surface area contributed by atoms with Gasteiger partial charge in [0, 0.05) is 0 Å². The Morgan fingerprint density at radius 3 is 1.27 bits per heavy atom. The molecule has 0 N–H and O–H groups in total. The summed E-state index contributed by atoms with van der Waals surface area (Å²) in [6.07, 6.45) is 0. The molecule has 152 valence electrons. The van der Waals surface area contributed by atoms with Crippen molar-refractivity contribution in [3.05, 3.63) is 144 Å². The lowest BCUT2D eigenvalue weighted by Gasteiger charge is -2.32. The van der Waals surface area contributed by atoms with Crippen LogP contribution in [0.5, 0.6) is 0 Å². The van der Waals surface area contributed by atoms with Gasteiger partial charge in [-0.2, -0.15) is 0 Å². The molecule has 33 heavy (non-hydrogen) atoms. The summed E-state index contributed by atoms with van der Waals surface area (Å²) in [7, 11) is 0.